The maximum Gasteiger partial charge on any atom is 0.269 e. The first-order chi connectivity index (χ1) is 12.4. The average molecular weight is 371 g/mol. The third-order valence-corrected chi connectivity index (χ3v) is 4.71. The number of pyridine rings is 1. The molecule has 8 nitrogen and oxygen atoms in total. The van der Waals surface area contributed by atoms with E-state index >= 15 is 0 Å². The fourth-order valence-electron chi connectivity index (χ4n) is 2.07. The van der Waals surface area contributed by atoms with E-state index < -0.39 is 14.9 Å². The standard InChI is InChI=1S/C17H13N3O5S/c21-20(22)14-7-9-16(10-8-14)26(23,24)19-13-6-11-17(18-12-13)25-15-4-2-1-3-5-15/h1-12,19H. The van der Waals surface area contributed by atoms with Gasteiger partial charge in [0.2, 0.25) is 5.88 Å². The summed E-state index contributed by atoms with van der Waals surface area (Å²) in [6.07, 6.45) is 1.32. The highest BCUT2D eigenvalue weighted by molar-refractivity contribution is 7.92. The molecule has 0 spiro atoms. The number of para-hydroxylation sites is 1. The van der Waals surface area contributed by atoms with Crippen LogP contribution in [0.4, 0.5) is 11.4 Å². The third-order valence-electron chi connectivity index (χ3n) is 3.31. The highest BCUT2D eigenvalue weighted by Crippen LogP contribution is 2.22. The van der Waals surface area contributed by atoms with Gasteiger partial charge in [-0.05, 0) is 30.3 Å². The fourth-order valence-corrected chi connectivity index (χ4v) is 3.11. The number of rotatable bonds is 6. The molecule has 0 amide bonds. The van der Waals surface area contributed by atoms with Gasteiger partial charge in [-0.2, -0.15) is 0 Å². The molecule has 0 aliphatic rings. The predicted octanol–water partition coefficient (Wildman–Crippen LogP) is 3.58. The van der Waals surface area contributed by atoms with E-state index in [4.69, 9.17) is 4.74 Å². The van der Waals surface area contributed by atoms with E-state index in [1.54, 1.807) is 12.1 Å². The van der Waals surface area contributed by atoms with Gasteiger partial charge in [0.05, 0.1) is 21.7 Å². The number of hydrogen-bond acceptors (Lipinski definition) is 6. The van der Waals surface area contributed by atoms with Gasteiger partial charge in [-0.25, -0.2) is 13.4 Å². The summed E-state index contributed by atoms with van der Waals surface area (Å²) < 4.78 is 32.5. The summed E-state index contributed by atoms with van der Waals surface area (Å²) in [7, 11) is -3.88. The summed E-state index contributed by atoms with van der Waals surface area (Å²) in [5.74, 6) is 0.925. The van der Waals surface area contributed by atoms with Gasteiger partial charge in [0.25, 0.3) is 15.7 Å². The van der Waals surface area contributed by atoms with E-state index in [0.717, 1.165) is 12.1 Å². The Morgan fingerprint density at radius 1 is 0.962 bits per heavy atom. The molecule has 3 aromatic rings. The van der Waals surface area contributed by atoms with Crippen molar-refractivity contribution in [3.8, 4) is 11.6 Å². The van der Waals surface area contributed by atoms with Crippen LogP contribution in [0, 0.1) is 10.1 Å². The molecule has 0 fully saturated rings. The minimum absolute atomic E-state index is 0.0901. The van der Waals surface area contributed by atoms with Gasteiger partial charge in [0.1, 0.15) is 5.75 Å². The lowest BCUT2D eigenvalue weighted by molar-refractivity contribution is -0.384. The Hall–Kier alpha value is -3.46. The minimum Gasteiger partial charge on any atom is -0.439 e. The molecule has 0 unspecified atom stereocenters. The second kappa shape index (κ2) is 7.19. The number of nitrogens with zero attached hydrogens (tertiary/aromatic N) is 2. The number of benzene rings is 2. The van der Waals surface area contributed by atoms with Gasteiger partial charge >= 0.3 is 0 Å². The number of nitrogens with one attached hydrogen (secondary N) is 1. The van der Waals surface area contributed by atoms with Crippen molar-refractivity contribution in [2.75, 3.05) is 4.72 Å². The number of anilines is 1. The highest BCUT2D eigenvalue weighted by Gasteiger charge is 2.16. The van der Waals surface area contributed by atoms with Crippen molar-refractivity contribution in [3.05, 3.63) is 83.0 Å². The van der Waals surface area contributed by atoms with Crippen LogP contribution in [-0.2, 0) is 10.0 Å². The molecule has 9 heteroatoms. The van der Waals surface area contributed by atoms with Gasteiger partial charge in [-0.15, -0.1) is 0 Å². The normalized spacial score (nSPS) is 10.9. The first kappa shape index (κ1) is 17.4. The molecule has 0 aliphatic carbocycles. The van der Waals surface area contributed by atoms with E-state index in [2.05, 4.69) is 9.71 Å². The largest absolute Gasteiger partial charge is 0.439 e. The Labute approximate surface area is 149 Å². The maximum absolute atomic E-state index is 12.3. The van der Waals surface area contributed by atoms with Crippen molar-refractivity contribution in [1.82, 2.24) is 4.98 Å². The molecule has 0 atom stereocenters. The second-order valence-electron chi connectivity index (χ2n) is 5.16. The lowest BCUT2D eigenvalue weighted by atomic mass is 10.3. The van der Waals surface area contributed by atoms with Crippen molar-refractivity contribution in [2.24, 2.45) is 0 Å². The summed E-state index contributed by atoms with van der Waals surface area (Å²) in [6.45, 7) is 0. The lowest BCUT2D eigenvalue weighted by Gasteiger charge is -2.09. The smallest absolute Gasteiger partial charge is 0.269 e. The zero-order valence-corrected chi connectivity index (χ0v) is 14.1. The molecule has 1 aromatic heterocycles. The topological polar surface area (TPSA) is 111 Å². The van der Waals surface area contributed by atoms with Crippen LogP contribution in [0.25, 0.3) is 0 Å². The Bertz CT molecular complexity index is 1000. The van der Waals surface area contributed by atoms with Crippen LogP contribution in [0.15, 0.2) is 77.8 Å². The molecule has 0 saturated heterocycles. The van der Waals surface area contributed by atoms with E-state index in [1.165, 1.54) is 30.5 Å². The molecule has 3 rings (SSSR count). The number of nitro benzene ring substituents is 1. The van der Waals surface area contributed by atoms with Crippen LogP contribution in [0.1, 0.15) is 0 Å². The second-order valence-corrected chi connectivity index (χ2v) is 6.84. The van der Waals surface area contributed by atoms with E-state index in [1.807, 2.05) is 18.2 Å². The monoisotopic (exact) mass is 371 g/mol. The average Bonchev–Trinajstić information content (AvgIpc) is 2.64. The van der Waals surface area contributed by atoms with Crippen LogP contribution in [-0.4, -0.2) is 18.3 Å². The van der Waals surface area contributed by atoms with Crippen LogP contribution in [0.3, 0.4) is 0 Å². The molecule has 1 heterocycles. The third kappa shape index (κ3) is 4.14. The number of sulfonamides is 1. The van der Waals surface area contributed by atoms with Gasteiger partial charge in [0, 0.05) is 18.2 Å². The van der Waals surface area contributed by atoms with Crippen LogP contribution >= 0.6 is 0 Å². The van der Waals surface area contributed by atoms with Gasteiger partial charge in [-0.1, -0.05) is 18.2 Å². The van der Waals surface area contributed by atoms with Crippen molar-refractivity contribution in [1.29, 1.82) is 0 Å². The van der Waals surface area contributed by atoms with E-state index in [9.17, 15) is 18.5 Å². The highest BCUT2D eigenvalue weighted by atomic mass is 32.2. The Morgan fingerprint density at radius 2 is 1.65 bits per heavy atom. The molecular weight excluding hydrogens is 358 g/mol. The van der Waals surface area contributed by atoms with Crippen molar-refractivity contribution in [2.45, 2.75) is 4.90 Å². The lowest BCUT2D eigenvalue weighted by Crippen LogP contribution is -2.13. The number of aromatic nitrogens is 1. The number of hydrogen-bond donors (Lipinski definition) is 1. The fraction of sp³-hybridized carbons (Fsp3) is 0. The summed E-state index contributed by atoms with van der Waals surface area (Å²) in [4.78, 5) is 14.0. The SMILES string of the molecule is O=[N+]([O-])c1ccc(S(=O)(=O)Nc2ccc(Oc3ccccc3)nc2)cc1. The predicted molar refractivity (Wildman–Crippen MR) is 94.7 cm³/mol. The molecule has 26 heavy (non-hydrogen) atoms. The van der Waals surface area contributed by atoms with E-state index in [0.29, 0.717) is 11.6 Å². The number of non-ortho nitro benzene ring substituents is 1. The van der Waals surface area contributed by atoms with Gasteiger partial charge in [-0.3, -0.25) is 14.8 Å². The van der Waals surface area contributed by atoms with Crippen molar-refractivity contribution >= 4 is 21.4 Å². The molecule has 132 valence electrons. The molecule has 0 radical (unpaired) electrons. The van der Waals surface area contributed by atoms with Crippen molar-refractivity contribution in [3.63, 3.8) is 0 Å². The molecule has 0 saturated carbocycles. The number of nitro groups is 1. The van der Waals surface area contributed by atoms with Crippen LogP contribution in [0.2, 0.25) is 0 Å². The summed E-state index contributed by atoms with van der Waals surface area (Å²) in [6, 6.07) is 16.7. The first-order valence-electron chi connectivity index (χ1n) is 7.40. The summed E-state index contributed by atoms with van der Waals surface area (Å²) in [5, 5.41) is 10.6. The van der Waals surface area contributed by atoms with Crippen molar-refractivity contribution < 1.29 is 18.1 Å². The van der Waals surface area contributed by atoms with Gasteiger partial charge in [0.15, 0.2) is 0 Å². The molecule has 0 bridgehead atoms. The first-order valence-corrected chi connectivity index (χ1v) is 8.88. The number of ether oxygens (including phenoxy) is 1. The summed E-state index contributed by atoms with van der Waals surface area (Å²) >= 11 is 0. The molecule has 1 N–H and O–H groups in total. The van der Waals surface area contributed by atoms with Crippen LogP contribution in [0.5, 0.6) is 11.6 Å². The summed E-state index contributed by atoms with van der Waals surface area (Å²) in [5.41, 5.74) is 0.0526. The molecule has 0 aliphatic heterocycles. The molecular formula is C17H13N3O5S. The van der Waals surface area contributed by atoms with Gasteiger partial charge < -0.3 is 4.74 Å². The zero-order valence-electron chi connectivity index (χ0n) is 13.3. The quantitative estimate of drug-likeness (QED) is 0.523. The van der Waals surface area contributed by atoms with Crippen LogP contribution < -0.4 is 9.46 Å². The Kier molecular flexibility index (Phi) is 4.81. The maximum atomic E-state index is 12.3. The molecule has 2 aromatic carbocycles. The van der Waals surface area contributed by atoms with E-state index in [-0.39, 0.29) is 16.3 Å². The minimum atomic E-state index is -3.88. The zero-order chi connectivity index (χ0) is 18.6. The Balaban J connectivity index is 1.72. The Morgan fingerprint density at radius 3 is 2.23 bits per heavy atom.